The van der Waals surface area contributed by atoms with Gasteiger partial charge >= 0.3 is 0 Å². The molecule has 2 N–H and O–H groups in total. The average Bonchev–Trinajstić information content (AvgIpc) is 3.42. The predicted molar refractivity (Wildman–Crippen MR) is 116 cm³/mol. The molecular weight excluding hydrogens is 346 g/mol. The Labute approximate surface area is 166 Å². The first-order chi connectivity index (χ1) is 13.8. The Hall–Kier alpha value is -2.30. The number of fused-ring (bicyclic) bond motifs is 1. The van der Waals surface area contributed by atoms with Crippen molar-refractivity contribution >= 4 is 16.6 Å². The van der Waals surface area contributed by atoms with E-state index in [1.165, 1.54) is 53.5 Å². The number of aromatic nitrogens is 1. The number of ether oxygens (including phenoxy) is 1. The van der Waals surface area contributed by atoms with Crippen LogP contribution in [0.2, 0.25) is 0 Å². The Balaban J connectivity index is 1.18. The number of hydrogen-bond donors (Lipinski definition) is 2. The third-order valence-electron chi connectivity index (χ3n) is 6.23. The summed E-state index contributed by atoms with van der Waals surface area (Å²) in [6.45, 7) is 4.20. The van der Waals surface area contributed by atoms with Crippen LogP contribution in [0.15, 0.2) is 54.6 Å². The summed E-state index contributed by atoms with van der Waals surface area (Å²) < 4.78 is 5.73. The molecule has 0 radical (unpaired) electrons. The van der Waals surface area contributed by atoms with E-state index in [9.17, 15) is 0 Å². The van der Waals surface area contributed by atoms with Gasteiger partial charge in [0.2, 0.25) is 0 Å². The van der Waals surface area contributed by atoms with E-state index in [2.05, 4.69) is 69.8 Å². The molecule has 0 unspecified atom stereocenters. The van der Waals surface area contributed by atoms with E-state index in [4.69, 9.17) is 4.74 Å². The normalized spacial score (nSPS) is 20.9. The highest BCUT2D eigenvalue weighted by Gasteiger charge is 2.21. The smallest absolute Gasteiger partial charge is 0.0700 e. The van der Waals surface area contributed by atoms with E-state index in [0.29, 0.717) is 12.1 Å². The van der Waals surface area contributed by atoms with E-state index in [0.717, 1.165) is 26.2 Å². The van der Waals surface area contributed by atoms with Crippen LogP contribution in [0.4, 0.5) is 5.69 Å². The van der Waals surface area contributed by atoms with E-state index in [1.54, 1.807) is 0 Å². The maximum Gasteiger partial charge on any atom is 0.0700 e. The quantitative estimate of drug-likeness (QED) is 0.686. The molecule has 2 saturated heterocycles. The van der Waals surface area contributed by atoms with Crippen LogP contribution in [0.25, 0.3) is 22.2 Å². The molecular formula is C24H29N3O. The predicted octanol–water partition coefficient (Wildman–Crippen LogP) is 4.57. The Morgan fingerprint density at radius 3 is 2.57 bits per heavy atom. The summed E-state index contributed by atoms with van der Waals surface area (Å²) >= 11 is 0. The summed E-state index contributed by atoms with van der Waals surface area (Å²) in [5, 5.41) is 4.99. The maximum atomic E-state index is 5.73. The van der Waals surface area contributed by atoms with Crippen LogP contribution in [0, 0.1) is 0 Å². The van der Waals surface area contributed by atoms with Gasteiger partial charge in [0.15, 0.2) is 0 Å². The Bertz CT molecular complexity index is 870. The minimum absolute atomic E-state index is 0.440. The maximum absolute atomic E-state index is 5.73. The van der Waals surface area contributed by atoms with Crippen molar-refractivity contribution in [1.82, 2.24) is 10.3 Å². The fraction of sp³-hybridized carbons (Fsp3) is 0.417. The number of anilines is 1. The topological polar surface area (TPSA) is 40.3 Å². The molecule has 0 amide bonds. The SMILES string of the molecule is c1ccc2[nH]c(-c3ccc(N4CCC(NC[C@@H]5CCCO5)CC4)cc3)cc2c1. The van der Waals surface area contributed by atoms with E-state index >= 15 is 0 Å². The van der Waals surface area contributed by atoms with Crippen LogP contribution in [0.5, 0.6) is 0 Å². The second-order valence-electron chi connectivity index (χ2n) is 8.12. The molecule has 2 aliphatic heterocycles. The number of piperidine rings is 1. The number of nitrogens with one attached hydrogen (secondary N) is 2. The minimum Gasteiger partial charge on any atom is -0.377 e. The van der Waals surface area contributed by atoms with Crippen LogP contribution < -0.4 is 10.2 Å². The van der Waals surface area contributed by atoms with Crippen molar-refractivity contribution in [3.8, 4) is 11.3 Å². The molecule has 2 fully saturated rings. The highest BCUT2D eigenvalue weighted by Crippen LogP contribution is 2.27. The fourth-order valence-electron chi connectivity index (χ4n) is 4.53. The lowest BCUT2D eigenvalue weighted by atomic mass is 10.0. The molecule has 28 heavy (non-hydrogen) atoms. The highest BCUT2D eigenvalue weighted by molar-refractivity contribution is 5.85. The molecule has 3 heterocycles. The molecule has 0 bridgehead atoms. The summed E-state index contributed by atoms with van der Waals surface area (Å²) in [7, 11) is 0. The largest absolute Gasteiger partial charge is 0.377 e. The van der Waals surface area contributed by atoms with Gasteiger partial charge in [-0.15, -0.1) is 0 Å². The Kier molecular flexibility index (Phi) is 5.06. The number of nitrogens with zero attached hydrogens (tertiary/aromatic N) is 1. The highest BCUT2D eigenvalue weighted by atomic mass is 16.5. The first-order valence-electron chi connectivity index (χ1n) is 10.6. The summed E-state index contributed by atoms with van der Waals surface area (Å²) in [6, 6.07) is 20.3. The fourth-order valence-corrected chi connectivity index (χ4v) is 4.53. The zero-order chi connectivity index (χ0) is 18.8. The van der Waals surface area contributed by atoms with Gasteiger partial charge in [-0.2, -0.15) is 0 Å². The average molecular weight is 376 g/mol. The number of hydrogen-bond acceptors (Lipinski definition) is 3. The lowest BCUT2D eigenvalue weighted by Crippen LogP contribution is -2.44. The second-order valence-corrected chi connectivity index (χ2v) is 8.12. The Morgan fingerprint density at radius 1 is 1.00 bits per heavy atom. The lowest BCUT2D eigenvalue weighted by Gasteiger charge is -2.34. The third kappa shape index (κ3) is 3.80. The standard InChI is InChI=1S/C24H29N3O/c1-2-6-23-19(4-1)16-24(26-23)18-7-9-21(10-8-18)27-13-11-20(12-14-27)25-17-22-5-3-15-28-22/h1-2,4,6-10,16,20,22,25-26H,3,5,11-15,17H2/t22-/m0/s1. The Morgan fingerprint density at radius 2 is 1.82 bits per heavy atom. The summed E-state index contributed by atoms with van der Waals surface area (Å²) in [6.07, 6.45) is 5.29. The van der Waals surface area contributed by atoms with Crippen molar-refractivity contribution < 1.29 is 4.74 Å². The number of rotatable bonds is 5. The molecule has 4 nitrogen and oxygen atoms in total. The van der Waals surface area contributed by atoms with Gasteiger partial charge in [-0.25, -0.2) is 0 Å². The van der Waals surface area contributed by atoms with Crippen molar-refractivity contribution in [2.45, 2.75) is 37.8 Å². The van der Waals surface area contributed by atoms with Gasteiger partial charge in [0, 0.05) is 54.6 Å². The second kappa shape index (κ2) is 7.98. The van der Waals surface area contributed by atoms with Crippen molar-refractivity contribution in [3.05, 3.63) is 54.6 Å². The van der Waals surface area contributed by atoms with Gasteiger partial charge in [0.05, 0.1) is 6.10 Å². The van der Waals surface area contributed by atoms with Gasteiger partial charge in [0.1, 0.15) is 0 Å². The van der Waals surface area contributed by atoms with Crippen LogP contribution >= 0.6 is 0 Å². The van der Waals surface area contributed by atoms with Gasteiger partial charge in [-0.05, 0) is 55.5 Å². The lowest BCUT2D eigenvalue weighted by molar-refractivity contribution is 0.106. The molecule has 0 saturated carbocycles. The molecule has 3 aromatic rings. The molecule has 4 heteroatoms. The van der Waals surface area contributed by atoms with Gasteiger partial charge in [-0.1, -0.05) is 30.3 Å². The number of aromatic amines is 1. The molecule has 1 atom stereocenters. The summed E-state index contributed by atoms with van der Waals surface area (Å²) in [5.74, 6) is 0. The number of benzene rings is 2. The van der Waals surface area contributed by atoms with Crippen molar-refractivity contribution in [2.24, 2.45) is 0 Å². The van der Waals surface area contributed by atoms with Gasteiger partial charge in [-0.3, -0.25) is 0 Å². The van der Waals surface area contributed by atoms with Crippen molar-refractivity contribution in [1.29, 1.82) is 0 Å². The van der Waals surface area contributed by atoms with Crippen molar-refractivity contribution in [2.75, 3.05) is 31.1 Å². The minimum atomic E-state index is 0.440. The van der Waals surface area contributed by atoms with E-state index < -0.39 is 0 Å². The first-order valence-corrected chi connectivity index (χ1v) is 10.6. The zero-order valence-corrected chi connectivity index (χ0v) is 16.4. The van der Waals surface area contributed by atoms with E-state index in [-0.39, 0.29) is 0 Å². The third-order valence-corrected chi connectivity index (χ3v) is 6.23. The van der Waals surface area contributed by atoms with Crippen LogP contribution in [0.3, 0.4) is 0 Å². The molecule has 5 rings (SSSR count). The molecule has 1 aromatic heterocycles. The molecule has 0 aliphatic carbocycles. The zero-order valence-electron chi connectivity index (χ0n) is 16.4. The van der Waals surface area contributed by atoms with Gasteiger partial charge in [0.25, 0.3) is 0 Å². The molecule has 2 aromatic carbocycles. The number of H-pyrrole nitrogens is 1. The van der Waals surface area contributed by atoms with Gasteiger partial charge < -0.3 is 19.9 Å². The first kappa shape index (κ1) is 17.8. The van der Waals surface area contributed by atoms with Crippen LogP contribution in [-0.2, 0) is 4.74 Å². The summed E-state index contributed by atoms with van der Waals surface area (Å²) in [5.41, 5.74) is 4.95. The van der Waals surface area contributed by atoms with E-state index in [1.807, 2.05) is 0 Å². The van der Waals surface area contributed by atoms with Crippen molar-refractivity contribution in [3.63, 3.8) is 0 Å². The molecule has 146 valence electrons. The molecule has 0 spiro atoms. The monoisotopic (exact) mass is 375 g/mol. The summed E-state index contributed by atoms with van der Waals surface area (Å²) in [4.78, 5) is 6.03. The number of para-hydroxylation sites is 1. The van der Waals surface area contributed by atoms with Crippen LogP contribution in [0.1, 0.15) is 25.7 Å². The van der Waals surface area contributed by atoms with Crippen LogP contribution in [-0.4, -0.2) is 43.4 Å². The molecule has 2 aliphatic rings.